The Kier molecular flexibility index (Phi) is 5.11. The van der Waals surface area contributed by atoms with Crippen molar-refractivity contribution in [2.24, 2.45) is 0 Å². The van der Waals surface area contributed by atoms with E-state index in [0.717, 1.165) is 0 Å². The largest absolute Gasteiger partial charge is 0.367 e. The molecule has 4 heteroatoms. The molecule has 0 N–H and O–H groups in total. The van der Waals surface area contributed by atoms with Gasteiger partial charge in [-0.15, -0.1) is 11.3 Å². The first-order valence-electron chi connectivity index (χ1n) is 17.5. The van der Waals surface area contributed by atoms with Gasteiger partial charge >= 0.3 is 6.85 Å². The molecule has 2 aromatic heterocycles. The topological polar surface area (TPSA) is 8.17 Å². The number of benzene rings is 7. The van der Waals surface area contributed by atoms with Crippen LogP contribution < -0.4 is 15.8 Å². The second-order valence-electron chi connectivity index (χ2n) is 14.1. The highest BCUT2D eigenvalue weighted by molar-refractivity contribution is 7.26. The van der Waals surface area contributed by atoms with E-state index in [-0.39, 0.29) is 6.85 Å². The van der Waals surface area contributed by atoms with Gasteiger partial charge in [0.15, 0.2) is 0 Å². The summed E-state index contributed by atoms with van der Waals surface area (Å²) in [6.45, 7) is 2.30. The van der Waals surface area contributed by atoms with Gasteiger partial charge in [-0.05, 0) is 69.4 Å². The van der Waals surface area contributed by atoms with E-state index in [4.69, 9.17) is 0 Å². The van der Waals surface area contributed by atoms with Crippen LogP contribution in [0.1, 0.15) is 27.8 Å². The average molecular weight is 653 g/mol. The number of aryl methyl sites for hydroxylation is 1. The number of anilines is 3. The van der Waals surface area contributed by atoms with Crippen molar-refractivity contribution in [3.8, 4) is 11.1 Å². The van der Waals surface area contributed by atoms with E-state index in [0.29, 0.717) is 0 Å². The summed E-state index contributed by atoms with van der Waals surface area (Å²) in [5, 5.41) is 4.09. The molecule has 9 aromatic rings. The normalized spacial score (nSPS) is 14.6. The van der Waals surface area contributed by atoms with Crippen molar-refractivity contribution in [2.75, 3.05) is 4.90 Å². The van der Waals surface area contributed by atoms with Crippen molar-refractivity contribution >= 4 is 77.4 Å². The molecule has 0 radical (unpaired) electrons. The smallest absolute Gasteiger partial charge is 0.333 e. The predicted octanol–water partition coefficient (Wildman–Crippen LogP) is 10.4. The van der Waals surface area contributed by atoms with Gasteiger partial charge < -0.3 is 9.38 Å². The zero-order valence-electron chi connectivity index (χ0n) is 27.4. The molecule has 0 saturated heterocycles. The molecule has 2 nitrogen and oxygen atoms in total. The molecule has 0 aliphatic carbocycles. The Morgan fingerprint density at radius 1 is 0.580 bits per heavy atom. The summed E-state index contributed by atoms with van der Waals surface area (Å²) in [5.74, 6) is 0. The van der Waals surface area contributed by atoms with Crippen LogP contribution in [0.25, 0.3) is 42.3 Å². The molecule has 12 rings (SSSR count). The summed E-state index contributed by atoms with van der Waals surface area (Å²) >= 11 is 1.94. The SMILES string of the molecule is Cc1cc2c3c(c1)N1c4ccccc4C(c4ccccc4)(c4ccccc4)c4cccc(c41)B3n1c3sc4ccccc4c3c3cccc-2c31. The van der Waals surface area contributed by atoms with Crippen LogP contribution in [0.15, 0.2) is 158 Å². The Balaban J connectivity index is 1.29. The summed E-state index contributed by atoms with van der Waals surface area (Å²) < 4.78 is 4.06. The highest BCUT2D eigenvalue weighted by atomic mass is 32.1. The molecule has 0 fully saturated rings. The number of nitrogens with zero attached hydrogens (tertiary/aromatic N) is 2. The number of hydrogen-bond donors (Lipinski definition) is 0. The van der Waals surface area contributed by atoms with Crippen molar-refractivity contribution in [3.05, 3.63) is 186 Å². The third-order valence-corrected chi connectivity index (χ3v) is 12.8. The molecule has 0 spiro atoms. The second-order valence-corrected chi connectivity index (χ2v) is 15.1. The molecular weight excluding hydrogens is 623 g/mol. The summed E-state index contributed by atoms with van der Waals surface area (Å²) in [5.41, 5.74) is 16.6. The third kappa shape index (κ3) is 3.09. The standard InChI is InChI=1S/C46H29BN2S/c1-28-26-34-31-19-12-20-33-41-32-18-8-11-25-40(32)50-45(41)49(43(31)33)47-37-23-13-22-36-44(37)48(39(27-28)42(34)47)38-24-10-9-21-35(38)46(36,29-14-4-2-5-15-29)30-16-6-3-7-17-30/h2-27H,1H3. The molecule has 5 heterocycles. The molecule has 0 unspecified atom stereocenters. The first-order valence-corrected chi connectivity index (χ1v) is 18.3. The van der Waals surface area contributed by atoms with Gasteiger partial charge in [0.05, 0.1) is 15.9 Å². The Labute approximate surface area is 294 Å². The minimum absolute atomic E-state index is 0.0317. The summed E-state index contributed by atoms with van der Waals surface area (Å²) in [6, 6.07) is 59.4. The minimum atomic E-state index is -0.503. The van der Waals surface area contributed by atoms with Gasteiger partial charge in [-0.1, -0.05) is 140 Å². The number of fused-ring (bicyclic) bond motifs is 11. The highest BCUT2D eigenvalue weighted by Gasteiger charge is 2.52. The van der Waals surface area contributed by atoms with E-state index in [2.05, 4.69) is 174 Å². The van der Waals surface area contributed by atoms with Gasteiger partial charge in [-0.3, -0.25) is 0 Å². The van der Waals surface area contributed by atoms with E-state index < -0.39 is 5.41 Å². The molecule has 50 heavy (non-hydrogen) atoms. The lowest BCUT2D eigenvalue weighted by molar-refractivity contribution is 0.732. The highest BCUT2D eigenvalue weighted by Crippen LogP contribution is 2.59. The number of hydrogen-bond acceptors (Lipinski definition) is 2. The molecule has 232 valence electrons. The van der Waals surface area contributed by atoms with Crippen molar-refractivity contribution in [2.45, 2.75) is 12.3 Å². The fourth-order valence-electron chi connectivity index (χ4n) is 9.93. The Bertz CT molecular complexity index is 2860. The average Bonchev–Trinajstić information content (AvgIpc) is 3.70. The van der Waals surface area contributed by atoms with Crippen LogP contribution in [-0.4, -0.2) is 11.3 Å². The molecule has 7 aromatic carbocycles. The van der Waals surface area contributed by atoms with E-state index >= 15 is 0 Å². The zero-order chi connectivity index (χ0) is 32.7. The predicted molar refractivity (Wildman–Crippen MR) is 212 cm³/mol. The fraction of sp³-hybridized carbons (Fsp3) is 0.0435. The van der Waals surface area contributed by atoms with E-state index in [1.54, 1.807) is 0 Å². The molecule has 3 aliphatic rings. The molecule has 0 saturated carbocycles. The molecule has 0 atom stereocenters. The zero-order valence-corrected chi connectivity index (χ0v) is 28.2. The summed E-state index contributed by atoms with van der Waals surface area (Å²) in [7, 11) is 0. The molecule has 0 bridgehead atoms. The molecule has 3 aliphatic heterocycles. The van der Waals surface area contributed by atoms with Crippen molar-refractivity contribution in [3.63, 3.8) is 0 Å². The van der Waals surface area contributed by atoms with Crippen LogP contribution in [0.2, 0.25) is 0 Å². The third-order valence-electron chi connectivity index (χ3n) is 11.7. The Morgan fingerprint density at radius 3 is 2.08 bits per heavy atom. The van der Waals surface area contributed by atoms with Crippen LogP contribution >= 0.6 is 11.3 Å². The maximum Gasteiger partial charge on any atom is 0.333 e. The quantitative estimate of drug-likeness (QED) is 0.169. The van der Waals surface area contributed by atoms with Crippen molar-refractivity contribution in [1.29, 1.82) is 0 Å². The van der Waals surface area contributed by atoms with Crippen LogP contribution in [0, 0.1) is 6.92 Å². The van der Waals surface area contributed by atoms with Crippen LogP contribution in [0.4, 0.5) is 17.1 Å². The minimum Gasteiger partial charge on any atom is -0.367 e. The first kappa shape index (κ1) is 27.0. The van der Waals surface area contributed by atoms with E-state index in [1.807, 2.05) is 11.3 Å². The van der Waals surface area contributed by atoms with Crippen LogP contribution in [-0.2, 0) is 5.41 Å². The van der Waals surface area contributed by atoms with Crippen molar-refractivity contribution in [1.82, 2.24) is 4.48 Å². The van der Waals surface area contributed by atoms with Crippen LogP contribution in [0.5, 0.6) is 0 Å². The van der Waals surface area contributed by atoms with Crippen LogP contribution in [0.3, 0.4) is 0 Å². The molecular formula is C46H29BN2S. The van der Waals surface area contributed by atoms with Gasteiger partial charge in [-0.25, -0.2) is 0 Å². The summed E-state index contributed by atoms with van der Waals surface area (Å²) in [6.07, 6.45) is 0. The number of rotatable bonds is 2. The van der Waals surface area contributed by atoms with Gasteiger partial charge in [0.25, 0.3) is 0 Å². The number of aromatic nitrogens is 1. The van der Waals surface area contributed by atoms with E-state index in [1.165, 1.54) is 98.1 Å². The summed E-state index contributed by atoms with van der Waals surface area (Å²) in [4.78, 5) is 3.97. The maximum absolute atomic E-state index is 2.71. The van der Waals surface area contributed by atoms with Gasteiger partial charge in [-0.2, -0.15) is 0 Å². The maximum atomic E-state index is 2.71. The first-order chi connectivity index (χ1) is 24.7. The lowest BCUT2D eigenvalue weighted by Crippen LogP contribution is -2.58. The van der Waals surface area contributed by atoms with E-state index in [9.17, 15) is 0 Å². The lowest BCUT2D eigenvalue weighted by atomic mass is 9.44. The van der Waals surface area contributed by atoms with Crippen molar-refractivity contribution < 1.29 is 0 Å². The van der Waals surface area contributed by atoms with Gasteiger partial charge in [0, 0.05) is 43.3 Å². The second kappa shape index (κ2) is 9.44. The molecule has 0 amide bonds. The Hall–Kier alpha value is -5.84. The van der Waals surface area contributed by atoms with Gasteiger partial charge in [0.1, 0.15) is 0 Å². The monoisotopic (exact) mass is 652 g/mol. The number of para-hydroxylation sites is 3. The van der Waals surface area contributed by atoms with Gasteiger partial charge in [0.2, 0.25) is 0 Å². The number of thiophene rings is 1. The fourth-order valence-corrected chi connectivity index (χ4v) is 11.2. The lowest BCUT2D eigenvalue weighted by Gasteiger charge is -2.50. The Morgan fingerprint density at radius 2 is 1.26 bits per heavy atom.